The third-order valence-corrected chi connectivity index (χ3v) is 5.20. The van der Waals surface area contributed by atoms with Gasteiger partial charge in [-0.3, -0.25) is 9.59 Å². The number of nitrogens with zero attached hydrogens (tertiary/aromatic N) is 2. The van der Waals surface area contributed by atoms with Gasteiger partial charge in [0.2, 0.25) is 4.80 Å². The predicted molar refractivity (Wildman–Crippen MR) is 79.9 cm³/mol. The molecule has 0 saturated carbocycles. The summed E-state index contributed by atoms with van der Waals surface area (Å²) in [6, 6.07) is 7.45. The lowest BCUT2D eigenvalue weighted by Gasteiger charge is -2.01. The van der Waals surface area contributed by atoms with Crippen LogP contribution in [0.15, 0.2) is 45.6 Å². The van der Waals surface area contributed by atoms with E-state index in [0.717, 1.165) is 11.3 Å². The smallest absolute Gasteiger partial charge is 0.309 e. The monoisotopic (exact) mass is 356 g/mol. The molecule has 1 aromatic heterocycles. The number of amides is 1. The summed E-state index contributed by atoms with van der Waals surface area (Å²) in [4.78, 5) is 25.7. The predicted octanol–water partition coefficient (Wildman–Crippen LogP) is 0.315. The Morgan fingerprint density at radius 2 is 1.87 bits per heavy atom. The van der Waals surface area contributed by atoms with Crippen molar-refractivity contribution in [2.45, 2.75) is 11.3 Å². The minimum Gasteiger partial charge on any atom is -0.481 e. The van der Waals surface area contributed by atoms with E-state index in [9.17, 15) is 23.2 Å². The Labute approximate surface area is 134 Å². The molecule has 10 heteroatoms. The summed E-state index contributed by atoms with van der Waals surface area (Å²) in [5.74, 6) is -2.96. The molecule has 1 heterocycles. The van der Waals surface area contributed by atoms with Gasteiger partial charge in [0.1, 0.15) is 5.75 Å². The molecule has 0 aliphatic carbocycles. The van der Waals surface area contributed by atoms with Crippen LogP contribution in [-0.4, -0.2) is 41.1 Å². The number of aromatic nitrogens is 1. The molecule has 0 saturated heterocycles. The maximum Gasteiger partial charge on any atom is 0.309 e. The molecule has 0 spiro atoms. The summed E-state index contributed by atoms with van der Waals surface area (Å²) in [5, 5.41) is 19.7. The average molecular weight is 356 g/mol. The van der Waals surface area contributed by atoms with Crippen molar-refractivity contribution in [2.24, 2.45) is 4.99 Å². The zero-order valence-corrected chi connectivity index (χ0v) is 13.2. The second-order valence-electron chi connectivity index (χ2n) is 4.47. The van der Waals surface area contributed by atoms with Gasteiger partial charge in [0.05, 0.1) is 17.0 Å². The Morgan fingerprint density at radius 1 is 1.22 bits per heavy atom. The van der Waals surface area contributed by atoms with Gasteiger partial charge in [0.15, 0.2) is 9.84 Å². The molecule has 2 rings (SSSR count). The number of sulfone groups is 1. The van der Waals surface area contributed by atoms with Gasteiger partial charge in [0.25, 0.3) is 5.91 Å². The number of hydrogen-bond acceptors (Lipinski definition) is 6. The van der Waals surface area contributed by atoms with E-state index >= 15 is 0 Å². The Morgan fingerprint density at radius 3 is 2.48 bits per heavy atom. The Balaban J connectivity index is 2.22. The Hall–Kier alpha value is -2.46. The van der Waals surface area contributed by atoms with E-state index < -0.39 is 33.9 Å². The van der Waals surface area contributed by atoms with Gasteiger partial charge in [-0.05, 0) is 12.1 Å². The maximum absolute atomic E-state index is 12.0. The van der Waals surface area contributed by atoms with Crippen molar-refractivity contribution in [3.05, 3.63) is 46.2 Å². The molecular weight excluding hydrogens is 344 g/mol. The molecule has 0 aliphatic heterocycles. The van der Waals surface area contributed by atoms with E-state index in [0.29, 0.717) is 4.73 Å². The molecule has 0 bridgehead atoms. The van der Waals surface area contributed by atoms with Crippen LogP contribution in [0.5, 0.6) is 0 Å². The van der Waals surface area contributed by atoms with Crippen LogP contribution in [0.3, 0.4) is 0 Å². The number of carbonyl (C=O) groups is 2. The number of benzene rings is 1. The first-order chi connectivity index (χ1) is 10.8. The van der Waals surface area contributed by atoms with Gasteiger partial charge < -0.3 is 10.3 Å². The normalized spacial score (nSPS) is 12.3. The zero-order chi connectivity index (χ0) is 17.0. The first-order valence-electron chi connectivity index (χ1n) is 6.25. The fraction of sp³-hybridized carbons (Fsp3) is 0.154. The van der Waals surface area contributed by atoms with Gasteiger partial charge in [-0.1, -0.05) is 18.2 Å². The molecule has 23 heavy (non-hydrogen) atoms. The number of rotatable bonds is 5. The SMILES string of the molecule is O=C(O)Cc1csc(=NC(=O)CS(=O)(=O)c2ccccc2)n1O. The van der Waals surface area contributed by atoms with Crippen LogP contribution in [0.2, 0.25) is 0 Å². The van der Waals surface area contributed by atoms with Gasteiger partial charge in [-0.2, -0.15) is 9.72 Å². The molecule has 2 aromatic rings. The summed E-state index contributed by atoms with van der Waals surface area (Å²) < 4.78 is 24.6. The van der Waals surface area contributed by atoms with Crippen LogP contribution >= 0.6 is 11.3 Å². The molecule has 0 radical (unpaired) electrons. The highest BCUT2D eigenvalue weighted by Gasteiger charge is 2.19. The van der Waals surface area contributed by atoms with E-state index in [1.807, 2.05) is 0 Å². The van der Waals surface area contributed by atoms with Crippen LogP contribution in [0.1, 0.15) is 5.69 Å². The largest absolute Gasteiger partial charge is 0.481 e. The van der Waals surface area contributed by atoms with Gasteiger partial charge in [0, 0.05) is 5.38 Å². The highest BCUT2D eigenvalue weighted by Crippen LogP contribution is 2.10. The minimum absolute atomic E-state index is 0.00169. The highest BCUT2D eigenvalue weighted by atomic mass is 32.2. The van der Waals surface area contributed by atoms with Crippen LogP contribution < -0.4 is 4.80 Å². The topological polar surface area (TPSA) is 126 Å². The molecule has 122 valence electrons. The van der Waals surface area contributed by atoms with Gasteiger partial charge >= 0.3 is 5.97 Å². The van der Waals surface area contributed by atoms with E-state index in [2.05, 4.69) is 4.99 Å². The minimum atomic E-state index is -3.83. The maximum atomic E-state index is 12.0. The van der Waals surface area contributed by atoms with Crippen molar-refractivity contribution < 1.29 is 28.3 Å². The second-order valence-corrected chi connectivity index (χ2v) is 7.30. The number of carboxylic acids is 1. The third-order valence-electron chi connectivity index (χ3n) is 2.72. The fourth-order valence-corrected chi connectivity index (χ4v) is 3.63. The lowest BCUT2D eigenvalue weighted by atomic mass is 10.3. The molecule has 0 fully saturated rings. The summed E-state index contributed by atoms with van der Waals surface area (Å²) in [6.45, 7) is 0. The molecule has 8 nitrogen and oxygen atoms in total. The lowest BCUT2D eigenvalue weighted by molar-refractivity contribution is -0.136. The van der Waals surface area contributed by atoms with Gasteiger partial charge in [-0.15, -0.1) is 11.3 Å². The fourth-order valence-electron chi connectivity index (χ4n) is 1.70. The van der Waals surface area contributed by atoms with Crippen molar-refractivity contribution in [3.63, 3.8) is 0 Å². The Kier molecular flexibility index (Phi) is 4.96. The molecular formula is C13H12N2O6S2. The van der Waals surface area contributed by atoms with Crippen molar-refractivity contribution in [1.29, 1.82) is 0 Å². The Bertz CT molecular complexity index is 896. The van der Waals surface area contributed by atoms with E-state index in [4.69, 9.17) is 5.11 Å². The summed E-state index contributed by atoms with van der Waals surface area (Å²) >= 11 is 0.836. The molecule has 1 amide bonds. The zero-order valence-electron chi connectivity index (χ0n) is 11.6. The highest BCUT2D eigenvalue weighted by molar-refractivity contribution is 7.92. The number of carboxylic acid groups (broad SMARTS) is 1. The van der Waals surface area contributed by atoms with Crippen molar-refractivity contribution in [3.8, 4) is 0 Å². The average Bonchev–Trinajstić information content (AvgIpc) is 2.80. The first kappa shape index (κ1) is 16.9. The number of hydrogen-bond donors (Lipinski definition) is 2. The lowest BCUT2D eigenvalue weighted by Crippen LogP contribution is -2.21. The standard InChI is InChI=1S/C13H12N2O6S2/c16-11(8-23(20,21)10-4-2-1-3-5-10)14-13-15(19)9(7-22-13)6-12(17)18/h1-5,7,19H,6,8H2,(H,17,18). The molecule has 2 N–H and O–H groups in total. The number of aliphatic carboxylic acids is 1. The quantitative estimate of drug-likeness (QED) is 0.743. The molecule has 1 aromatic carbocycles. The van der Waals surface area contributed by atoms with Crippen LogP contribution in [0, 0.1) is 0 Å². The van der Waals surface area contributed by atoms with Crippen molar-refractivity contribution >= 4 is 33.1 Å². The summed E-state index contributed by atoms with van der Waals surface area (Å²) in [7, 11) is -3.83. The second kappa shape index (κ2) is 6.75. The summed E-state index contributed by atoms with van der Waals surface area (Å²) in [5.41, 5.74) is 0.0416. The number of carbonyl (C=O) groups excluding carboxylic acids is 1. The van der Waals surface area contributed by atoms with E-state index in [-0.39, 0.29) is 15.4 Å². The van der Waals surface area contributed by atoms with Crippen LogP contribution in [0.4, 0.5) is 0 Å². The van der Waals surface area contributed by atoms with Gasteiger partial charge in [-0.25, -0.2) is 8.42 Å². The molecule has 0 atom stereocenters. The van der Waals surface area contributed by atoms with Crippen molar-refractivity contribution in [2.75, 3.05) is 5.75 Å². The third kappa shape index (κ3) is 4.27. The van der Waals surface area contributed by atoms with E-state index in [1.54, 1.807) is 6.07 Å². The van der Waals surface area contributed by atoms with Crippen molar-refractivity contribution in [1.82, 2.24) is 4.73 Å². The van der Waals surface area contributed by atoms with Crippen LogP contribution in [0.25, 0.3) is 0 Å². The molecule has 0 unspecified atom stereocenters. The molecule has 0 aliphatic rings. The first-order valence-corrected chi connectivity index (χ1v) is 8.78. The van der Waals surface area contributed by atoms with Crippen LogP contribution in [-0.2, 0) is 25.8 Å². The summed E-state index contributed by atoms with van der Waals surface area (Å²) in [6.07, 6.45) is -0.445. The van der Waals surface area contributed by atoms with E-state index in [1.165, 1.54) is 29.6 Å². The number of thiazole rings is 1.